The molecular weight excluding hydrogens is 771 g/mol. The minimum atomic E-state index is -0.566. The zero-order valence-corrected chi connectivity index (χ0v) is 34.4. The highest BCUT2D eigenvalue weighted by Crippen LogP contribution is 2.58. The molecule has 0 bridgehead atoms. The molecule has 0 aliphatic heterocycles. The van der Waals surface area contributed by atoms with E-state index in [0.717, 1.165) is 33.4 Å². The Morgan fingerprint density at radius 3 is 1.48 bits per heavy atom. The van der Waals surface area contributed by atoms with Gasteiger partial charge in [0, 0.05) is 36.9 Å². The summed E-state index contributed by atoms with van der Waals surface area (Å²) in [5, 5.41) is 2.55. The maximum atomic E-state index is 5.40. The van der Waals surface area contributed by atoms with Gasteiger partial charge in [0.1, 0.15) is 0 Å². The second-order valence-corrected chi connectivity index (χ2v) is 17.0. The Morgan fingerprint density at radius 2 is 0.790 bits per heavy atom. The normalized spacial score (nSPS) is 12.6. The Morgan fingerprint density at radius 1 is 0.290 bits per heavy atom. The van der Waals surface area contributed by atoms with Crippen LogP contribution in [0.4, 0.5) is 0 Å². The summed E-state index contributed by atoms with van der Waals surface area (Å²) in [6.45, 7) is 0. The summed E-state index contributed by atoms with van der Waals surface area (Å²) >= 11 is 1.84. The van der Waals surface area contributed by atoms with Gasteiger partial charge < -0.3 is 0 Å². The molecule has 62 heavy (non-hydrogen) atoms. The van der Waals surface area contributed by atoms with Crippen LogP contribution in [0.1, 0.15) is 22.3 Å². The van der Waals surface area contributed by atoms with Gasteiger partial charge in [-0.3, -0.25) is 0 Å². The first-order valence-corrected chi connectivity index (χ1v) is 21.8. The predicted octanol–water partition coefficient (Wildman–Crippen LogP) is 14.9. The molecule has 1 aliphatic carbocycles. The molecule has 0 unspecified atom stereocenters. The molecule has 12 rings (SSSR count). The smallest absolute Gasteiger partial charge is 0.164 e. The number of hydrogen-bond donors (Lipinski definition) is 0. The van der Waals surface area contributed by atoms with Gasteiger partial charge in [-0.15, -0.1) is 11.3 Å². The lowest BCUT2D eigenvalue weighted by molar-refractivity contribution is 0.769. The van der Waals surface area contributed by atoms with Crippen molar-refractivity contribution >= 4 is 31.5 Å². The zero-order chi connectivity index (χ0) is 41.0. The minimum absolute atomic E-state index is 0.566. The Hall–Kier alpha value is -7.79. The van der Waals surface area contributed by atoms with E-state index in [0.29, 0.717) is 17.5 Å². The van der Waals surface area contributed by atoms with E-state index < -0.39 is 5.41 Å². The Labute approximate surface area is 364 Å². The number of rotatable bonds is 7. The largest absolute Gasteiger partial charge is 0.208 e. The molecule has 3 nitrogen and oxygen atoms in total. The zero-order valence-electron chi connectivity index (χ0n) is 33.6. The average molecular weight is 808 g/mol. The summed E-state index contributed by atoms with van der Waals surface area (Å²) in [5.41, 5.74) is 14.1. The Kier molecular flexibility index (Phi) is 8.58. The highest BCUT2D eigenvalue weighted by Gasteiger charge is 2.46. The van der Waals surface area contributed by atoms with Gasteiger partial charge in [-0.25, -0.2) is 15.0 Å². The molecule has 0 saturated heterocycles. The van der Waals surface area contributed by atoms with Gasteiger partial charge in [-0.1, -0.05) is 200 Å². The third-order valence-corrected chi connectivity index (χ3v) is 13.6. The van der Waals surface area contributed by atoms with E-state index in [4.69, 9.17) is 15.0 Å². The summed E-state index contributed by atoms with van der Waals surface area (Å²) in [7, 11) is 0. The third kappa shape index (κ3) is 5.83. The van der Waals surface area contributed by atoms with Crippen molar-refractivity contribution in [2.24, 2.45) is 0 Å². The van der Waals surface area contributed by atoms with E-state index in [1.54, 1.807) is 0 Å². The van der Waals surface area contributed by atoms with Crippen molar-refractivity contribution in [1.29, 1.82) is 0 Å². The van der Waals surface area contributed by atoms with Gasteiger partial charge in [-0.2, -0.15) is 0 Å². The molecule has 0 spiro atoms. The Bertz CT molecular complexity index is 3390. The lowest BCUT2D eigenvalue weighted by Gasteiger charge is -2.34. The van der Waals surface area contributed by atoms with Crippen molar-refractivity contribution in [3.63, 3.8) is 0 Å². The summed E-state index contributed by atoms with van der Waals surface area (Å²) in [6.07, 6.45) is 0. The summed E-state index contributed by atoms with van der Waals surface area (Å²) in [5.74, 6) is 1.89. The van der Waals surface area contributed by atoms with Crippen molar-refractivity contribution in [1.82, 2.24) is 15.0 Å². The third-order valence-electron chi connectivity index (χ3n) is 12.4. The first kappa shape index (κ1) is 36.1. The summed E-state index contributed by atoms with van der Waals surface area (Å²) in [4.78, 5) is 15.9. The van der Waals surface area contributed by atoms with Crippen molar-refractivity contribution in [3.05, 3.63) is 247 Å². The monoisotopic (exact) mass is 807 g/mol. The number of benzene rings is 9. The van der Waals surface area contributed by atoms with E-state index in [9.17, 15) is 0 Å². The first-order chi connectivity index (χ1) is 30.7. The van der Waals surface area contributed by atoms with Crippen LogP contribution in [0.5, 0.6) is 0 Å². The Balaban J connectivity index is 1.15. The van der Waals surface area contributed by atoms with Gasteiger partial charge in [-0.05, 0) is 79.9 Å². The van der Waals surface area contributed by atoms with Crippen LogP contribution in [0, 0.1) is 0 Å². The molecule has 0 fully saturated rings. The van der Waals surface area contributed by atoms with E-state index in [1.807, 2.05) is 35.6 Å². The first-order valence-electron chi connectivity index (χ1n) is 21.0. The van der Waals surface area contributed by atoms with Gasteiger partial charge in [0.15, 0.2) is 17.5 Å². The number of hydrogen-bond acceptors (Lipinski definition) is 4. The molecule has 0 amide bonds. The molecule has 0 N–H and O–H groups in total. The highest BCUT2D eigenvalue weighted by atomic mass is 32.1. The van der Waals surface area contributed by atoms with Crippen LogP contribution in [-0.2, 0) is 5.41 Å². The second kappa shape index (κ2) is 14.7. The summed E-state index contributed by atoms with van der Waals surface area (Å²) in [6, 6.07) is 80.6. The lowest BCUT2D eigenvalue weighted by Crippen LogP contribution is -2.28. The molecule has 2 heterocycles. The quantitative estimate of drug-likeness (QED) is 0.161. The molecular formula is C58H37N3S. The topological polar surface area (TPSA) is 38.7 Å². The molecule has 2 aromatic heterocycles. The van der Waals surface area contributed by atoms with Crippen LogP contribution in [0.2, 0.25) is 0 Å². The van der Waals surface area contributed by atoms with Crippen molar-refractivity contribution < 1.29 is 0 Å². The molecule has 0 radical (unpaired) electrons. The fourth-order valence-electron chi connectivity index (χ4n) is 9.59. The summed E-state index contributed by atoms with van der Waals surface area (Å²) < 4.78 is 2.53. The number of nitrogens with zero attached hydrogens (tertiary/aromatic N) is 3. The van der Waals surface area contributed by atoms with Gasteiger partial charge in [0.2, 0.25) is 0 Å². The molecule has 0 atom stereocenters. The average Bonchev–Trinajstić information content (AvgIpc) is 3.87. The van der Waals surface area contributed by atoms with Crippen LogP contribution >= 0.6 is 11.3 Å². The standard InChI is InChI=1S/C58H37N3S/c1-5-17-38(18-6-1)39-29-31-41(32-30-39)56-59-55(40-19-7-2-8-20-40)60-57(61-56)50-36-49-45-25-13-15-27-51(45)58(43-21-9-3-10-22-43,44-23-11-4-12-24-44)52(49)37-48(50)42-33-34-47-46-26-14-16-28-53(46)62-54(47)35-42/h1-37H. The van der Waals surface area contributed by atoms with Crippen LogP contribution in [-0.4, -0.2) is 15.0 Å². The highest BCUT2D eigenvalue weighted by molar-refractivity contribution is 7.25. The number of aromatic nitrogens is 3. The molecule has 290 valence electrons. The van der Waals surface area contributed by atoms with E-state index in [-0.39, 0.29) is 0 Å². The van der Waals surface area contributed by atoms with Crippen LogP contribution in [0.25, 0.3) is 87.7 Å². The van der Waals surface area contributed by atoms with Crippen molar-refractivity contribution in [2.75, 3.05) is 0 Å². The van der Waals surface area contributed by atoms with Crippen LogP contribution in [0.15, 0.2) is 224 Å². The van der Waals surface area contributed by atoms with E-state index in [1.165, 1.54) is 59.1 Å². The molecule has 0 saturated carbocycles. The van der Waals surface area contributed by atoms with E-state index in [2.05, 4.69) is 200 Å². The maximum Gasteiger partial charge on any atom is 0.164 e. The van der Waals surface area contributed by atoms with Crippen LogP contribution < -0.4 is 0 Å². The maximum absolute atomic E-state index is 5.40. The molecule has 9 aromatic carbocycles. The number of fused-ring (bicyclic) bond motifs is 6. The molecule has 1 aliphatic rings. The molecule has 4 heteroatoms. The van der Waals surface area contributed by atoms with Gasteiger partial charge in [0.05, 0.1) is 5.41 Å². The van der Waals surface area contributed by atoms with Crippen molar-refractivity contribution in [3.8, 4) is 67.5 Å². The van der Waals surface area contributed by atoms with Gasteiger partial charge in [0.25, 0.3) is 0 Å². The fraction of sp³-hybridized carbons (Fsp3) is 0.0172. The van der Waals surface area contributed by atoms with Crippen LogP contribution in [0.3, 0.4) is 0 Å². The fourth-order valence-corrected chi connectivity index (χ4v) is 10.7. The lowest BCUT2D eigenvalue weighted by atomic mass is 9.67. The predicted molar refractivity (Wildman–Crippen MR) is 257 cm³/mol. The minimum Gasteiger partial charge on any atom is -0.208 e. The SMILES string of the molecule is c1ccc(-c2ccc(-c3nc(-c4ccccc4)nc(-c4cc5c(cc4-c4ccc6c(c4)sc4ccccc46)C(c4ccccc4)(c4ccccc4)c4ccccc4-5)n3)cc2)cc1. The van der Waals surface area contributed by atoms with Gasteiger partial charge >= 0.3 is 0 Å². The van der Waals surface area contributed by atoms with E-state index >= 15 is 0 Å². The van der Waals surface area contributed by atoms with Crippen molar-refractivity contribution in [2.45, 2.75) is 5.41 Å². The number of thiophene rings is 1. The second-order valence-electron chi connectivity index (χ2n) is 15.9. The molecule has 11 aromatic rings.